The SMILES string of the molecule is C=Cc1ccc(N2CCC(NC(=O)OC(C)(C)C)CC2)cc1. The Hall–Kier alpha value is -1.97. The Morgan fingerprint density at radius 2 is 1.86 bits per heavy atom. The van der Waals surface area contributed by atoms with E-state index in [2.05, 4.69) is 41.1 Å². The zero-order valence-corrected chi connectivity index (χ0v) is 13.8. The third-order valence-corrected chi connectivity index (χ3v) is 3.71. The van der Waals surface area contributed by atoms with Crippen molar-refractivity contribution in [2.75, 3.05) is 18.0 Å². The van der Waals surface area contributed by atoms with Crippen LogP contribution in [0.15, 0.2) is 30.8 Å². The average molecular weight is 302 g/mol. The molecule has 1 fully saturated rings. The molecule has 1 aromatic rings. The van der Waals surface area contributed by atoms with Gasteiger partial charge in [-0.25, -0.2) is 4.79 Å². The van der Waals surface area contributed by atoms with Crippen LogP contribution in [0.2, 0.25) is 0 Å². The largest absolute Gasteiger partial charge is 0.444 e. The molecule has 4 heteroatoms. The minimum atomic E-state index is -0.447. The smallest absolute Gasteiger partial charge is 0.407 e. The van der Waals surface area contributed by atoms with Crippen LogP contribution in [-0.2, 0) is 4.74 Å². The number of piperidine rings is 1. The summed E-state index contributed by atoms with van der Waals surface area (Å²) in [4.78, 5) is 14.1. The quantitative estimate of drug-likeness (QED) is 0.923. The second-order valence-corrected chi connectivity index (χ2v) is 6.70. The molecule has 0 saturated carbocycles. The number of carbonyl (C=O) groups excluding carboxylic acids is 1. The van der Waals surface area contributed by atoms with Gasteiger partial charge >= 0.3 is 6.09 Å². The number of hydrogen-bond acceptors (Lipinski definition) is 3. The minimum absolute atomic E-state index is 0.193. The first kappa shape index (κ1) is 16.4. The first-order valence-corrected chi connectivity index (χ1v) is 7.84. The fourth-order valence-electron chi connectivity index (χ4n) is 2.58. The fraction of sp³-hybridized carbons (Fsp3) is 0.500. The maximum atomic E-state index is 11.8. The highest BCUT2D eigenvalue weighted by atomic mass is 16.6. The van der Waals surface area contributed by atoms with Crippen molar-refractivity contribution in [3.63, 3.8) is 0 Å². The highest BCUT2D eigenvalue weighted by Crippen LogP contribution is 2.21. The summed E-state index contributed by atoms with van der Waals surface area (Å²) in [5.41, 5.74) is 1.91. The number of rotatable bonds is 3. The molecule has 0 unspecified atom stereocenters. The zero-order valence-electron chi connectivity index (χ0n) is 13.8. The van der Waals surface area contributed by atoms with Crippen molar-refractivity contribution < 1.29 is 9.53 Å². The summed E-state index contributed by atoms with van der Waals surface area (Å²) in [5.74, 6) is 0. The van der Waals surface area contributed by atoms with Crippen LogP contribution in [-0.4, -0.2) is 30.8 Å². The molecule has 0 radical (unpaired) electrons. The molecular weight excluding hydrogens is 276 g/mol. The van der Waals surface area contributed by atoms with Crippen molar-refractivity contribution in [2.45, 2.75) is 45.3 Å². The number of hydrogen-bond donors (Lipinski definition) is 1. The lowest BCUT2D eigenvalue weighted by Crippen LogP contribution is -2.46. The van der Waals surface area contributed by atoms with Crippen LogP contribution in [0.3, 0.4) is 0 Å². The van der Waals surface area contributed by atoms with Gasteiger partial charge in [-0.05, 0) is 51.3 Å². The van der Waals surface area contributed by atoms with E-state index in [4.69, 9.17) is 4.74 Å². The van der Waals surface area contributed by atoms with Gasteiger partial charge in [0.25, 0.3) is 0 Å². The van der Waals surface area contributed by atoms with E-state index in [0.29, 0.717) is 0 Å². The molecule has 0 spiro atoms. The Kier molecular flexibility index (Phi) is 5.11. The van der Waals surface area contributed by atoms with E-state index in [1.54, 1.807) is 0 Å². The maximum absolute atomic E-state index is 11.8. The Bertz CT molecular complexity index is 509. The Morgan fingerprint density at radius 3 is 2.36 bits per heavy atom. The second kappa shape index (κ2) is 6.86. The summed E-state index contributed by atoms with van der Waals surface area (Å²) in [7, 11) is 0. The van der Waals surface area contributed by atoms with Crippen molar-refractivity contribution in [3.8, 4) is 0 Å². The first-order chi connectivity index (χ1) is 10.4. The third-order valence-electron chi connectivity index (χ3n) is 3.71. The summed E-state index contributed by atoms with van der Waals surface area (Å²) in [6.45, 7) is 11.3. The number of ether oxygens (including phenoxy) is 1. The summed E-state index contributed by atoms with van der Waals surface area (Å²) in [5, 5.41) is 2.96. The lowest BCUT2D eigenvalue weighted by Gasteiger charge is -2.34. The molecule has 0 bridgehead atoms. The van der Waals surface area contributed by atoms with Crippen LogP contribution in [0.1, 0.15) is 39.2 Å². The van der Waals surface area contributed by atoms with E-state index in [9.17, 15) is 4.79 Å². The highest BCUT2D eigenvalue weighted by molar-refractivity contribution is 5.68. The molecule has 1 aromatic carbocycles. The van der Waals surface area contributed by atoms with Crippen molar-refractivity contribution in [2.24, 2.45) is 0 Å². The number of nitrogens with one attached hydrogen (secondary N) is 1. The monoisotopic (exact) mass is 302 g/mol. The predicted molar refractivity (Wildman–Crippen MR) is 91.1 cm³/mol. The molecule has 0 aromatic heterocycles. The second-order valence-electron chi connectivity index (χ2n) is 6.70. The molecule has 4 nitrogen and oxygen atoms in total. The lowest BCUT2D eigenvalue weighted by atomic mass is 10.0. The van der Waals surface area contributed by atoms with Crippen molar-refractivity contribution in [1.29, 1.82) is 0 Å². The molecule has 1 aliphatic heterocycles. The Morgan fingerprint density at radius 1 is 1.27 bits per heavy atom. The Labute approximate surface area is 133 Å². The van der Waals surface area contributed by atoms with E-state index in [1.165, 1.54) is 5.69 Å². The van der Waals surface area contributed by atoms with Crippen LogP contribution < -0.4 is 10.2 Å². The van der Waals surface area contributed by atoms with Crippen LogP contribution >= 0.6 is 0 Å². The molecule has 120 valence electrons. The predicted octanol–water partition coefficient (Wildman–Crippen LogP) is 3.82. The minimum Gasteiger partial charge on any atom is -0.444 e. The third kappa shape index (κ3) is 4.79. The van der Waals surface area contributed by atoms with E-state index < -0.39 is 5.60 Å². The van der Waals surface area contributed by atoms with E-state index in [1.807, 2.05) is 26.8 Å². The number of nitrogens with zero attached hydrogens (tertiary/aromatic N) is 1. The van der Waals surface area contributed by atoms with Crippen LogP contribution in [0.25, 0.3) is 6.08 Å². The molecule has 1 saturated heterocycles. The van der Waals surface area contributed by atoms with Gasteiger partial charge in [-0.1, -0.05) is 24.8 Å². The fourth-order valence-corrected chi connectivity index (χ4v) is 2.58. The van der Waals surface area contributed by atoms with Gasteiger partial charge in [0.1, 0.15) is 5.60 Å². The first-order valence-electron chi connectivity index (χ1n) is 7.84. The van der Waals surface area contributed by atoms with Gasteiger partial charge in [0, 0.05) is 24.8 Å². The average Bonchev–Trinajstić information content (AvgIpc) is 2.46. The van der Waals surface area contributed by atoms with Crippen molar-refractivity contribution in [1.82, 2.24) is 5.32 Å². The van der Waals surface area contributed by atoms with Gasteiger partial charge in [-0.15, -0.1) is 0 Å². The van der Waals surface area contributed by atoms with Gasteiger partial charge < -0.3 is 15.0 Å². The van der Waals surface area contributed by atoms with Gasteiger partial charge in [-0.3, -0.25) is 0 Å². The van der Waals surface area contributed by atoms with Crippen LogP contribution in [0, 0.1) is 0 Å². The Balaban J connectivity index is 1.82. The summed E-state index contributed by atoms with van der Waals surface area (Å²) >= 11 is 0. The summed E-state index contributed by atoms with van der Waals surface area (Å²) in [6.07, 6.45) is 3.40. The number of amides is 1. The summed E-state index contributed by atoms with van der Waals surface area (Å²) in [6, 6.07) is 8.59. The van der Waals surface area contributed by atoms with Gasteiger partial charge in [-0.2, -0.15) is 0 Å². The zero-order chi connectivity index (χ0) is 16.2. The number of carbonyl (C=O) groups is 1. The standard InChI is InChI=1S/C18H26N2O2/c1-5-14-6-8-16(9-7-14)20-12-10-15(11-13-20)19-17(21)22-18(2,3)4/h5-9,15H,1,10-13H2,2-4H3,(H,19,21). The topological polar surface area (TPSA) is 41.6 Å². The van der Waals surface area contributed by atoms with Gasteiger partial charge in [0.15, 0.2) is 0 Å². The molecule has 2 rings (SSSR count). The highest BCUT2D eigenvalue weighted by Gasteiger charge is 2.23. The molecule has 1 N–H and O–H groups in total. The number of alkyl carbamates (subject to hydrolysis) is 1. The lowest BCUT2D eigenvalue weighted by molar-refractivity contribution is 0.0497. The molecule has 1 heterocycles. The molecule has 0 aliphatic carbocycles. The van der Waals surface area contributed by atoms with E-state index in [0.717, 1.165) is 31.5 Å². The molecular formula is C18H26N2O2. The maximum Gasteiger partial charge on any atom is 0.407 e. The van der Waals surface area contributed by atoms with Gasteiger partial charge in [0.05, 0.1) is 0 Å². The van der Waals surface area contributed by atoms with Crippen molar-refractivity contribution >= 4 is 17.9 Å². The van der Waals surface area contributed by atoms with Crippen LogP contribution in [0.4, 0.5) is 10.5 Å². The van der Waals surface area contributed by atoms with Crippen molar-refractivity contribution in [3.05, 3.63) is 36.4 Å². The van der Waals surface area contributed by atoms with Crippen LogP contribution in [0.5, 0.6) is 0 Å². The summed E-state index contributed by atoms with van der Waals surface area (Å²) < 4.78 is 5.30. The number of anilines is 1. The normalized spacial score (nSPS) is 16.2. The molecule has 0 atom stereocenters. The molecule has 1 amide bonds. The van der Waals surface area contributed by atoms with Gasteiger partial charge in [0.2, 0.25) is 0 Å². The molecule has 1 aliphatic rings. The van der Waals surface area contributed by atoms with E-state index in [-0.39, 0.29) is 12.1 Å². The number of benzene rings is 1. The van der Waals surface area contributed by atoms with E-state index >= 15 is 0 Å². The molecule has 22 heavy (non-hydrogen) atoms.